The molecular weight excluding hydrogens is 200 g/mol. The number of rotatable bonds is 8. The van der Waals surface area contributed by atoms with E-state index in [-0.39, 0.29) is 0 Å². The summed E-state index contributed by atoms with van der Waals surface area (Å²) < 4.78 is 5.63. The van der Waals surface area contributed by atoms with Crippen molar-refractivity contribution in [2.75, 3.05) is 26.2 Å². The largest absolute Gasteiger partial charge is 0.492 e. The molecule has 0 unspecified atom stereocenters. The fourth-order valence-electron chi connectivity index (χ4n) is 1.45. The third-order valence-corrected chi connectivity index (χ3v) is 2.41. The van der Waals surface area contributed by atoms with Crippen LogP contribution in [-0.2, 0) is 6.42 Å². The second kappa shape index (κ2) is 8.13. The van der Waals surface area contributed by atoms with Crippen LogP contribution in [0.1, 0.15) is 18.9 Å². The molecule has 0 fully saturated rings. The molecule has 3 N–H and O–H groups in total. The molecule has 16 heavy (non-hydrogen) atoms. The van der Waals surface area contributed by atoms with Gasteiger partial charge in [0.2, 0.25) is 0 Å². The molecule has 0 spiro atoms. The van der Waals surface area contributed by atoms with Crippen molar-refractivity contribution in [2.24, 2.45) is 5.73 Å². The molecule has 3 heteroatoms. The fraction of sp³-hybridized carbons (Fsp3) is 0.538. The van der Waals surface area contributed by atoms with Gasteiger partial charge in [0.15, 0.2) is 0 Å². The van der Waals surface area contributed by atoms with Crippen molar-refractivity contribution < 1.29 is 4.74 Å². The summed E-state index contributed by atoms with van der Waals surface area (Å²) in [6, 6.07) is 8.25. The molecule has 0 saturated carbocycles. The zero-order chi connectivity index (χ0) is 11.6. The molecule has 1 aromatic carbocycles. The maximum absolute atomic E-state index is 5.63. The average molecular weight is 222 g/mol. The molecule has 0 aliphatic carbocycles. The molecule has 0 aliphatic heterocycles. The van der Waals surface area contributed by atoms with Gasteiger partial charge in [0.25, 0.3) is 0 Å². The van der Waals surface area contributed by atoms with Crippen molar-refractivity contribution >= 4 is 0 Å². The van der Waals surface area contributed by atoms with Gasteiger partial charge in [-0.15, -0.1) is 0 Å². The molecule has 90 valence electrons. The number of nitrogens with one attached hydrogen (secondary N) is 1. The van der Waals surface area contributed by atoms with Gasteiger partial charge in [-0.2, -0.15) is 0 Å². The topological polar surface area (TPSA) is 47.3 Å². The highest BCUT2D eigenvalue weighted by atomic mass is 16.5. The van der Waals surface area contributed by atoms with Crippen LogP contribution < -0.4 is 15.8 Å². The molecule has 3 nitrogen and oxygen atoms in total. The molecule has 0 radical (unpaired) electrons. The summed E-state index contributed by atoms with van der Waals surface area (Å²) >= 11 is 0. The van der Waals surface area contributed by atoms with Crippen molar-refractivity contribution in [3.05, 3.63) is 29.8 Å². The summed E-state index contributed by atoms with van der Waals surface area (Å²) in [6.07, 6.45) is 2.07. The van der Waals surface area contributed by atoms with Crippen molar-refractivity contribution in [1.82, 2.24) is 5.32 Å². The number of benzene rings is 1. The fourth-order valence-corrected chi connectivity index (χ4v) is 1.45. The normalized spacial score (nSPS) is 10.4. The summed E-state index contributed by atoms with van der Waals surface area (Å²) in [5.74, 6) is 0.958. The SMILES string of the molecule is CCc1cccc(OCCNCCCN)c1. The van der Waals surface area contributed by atoms with E-state index < -0.39 is 0 Å². The molecule has 1 rings (SSSR count). The minimum atomic E-state index is 0.706. The van der Waals surface area contributed by atoms with Gasteiger partial charge in [0.1, 0.15) is 12.4 Å². The van der Waals surface area contributed by atoms with Gasteiger partial charge < -0.3 is 15.8 Å². The first-order valence-corrected chi connectivity index (χ1v) is 5.99. The minimum Gasteiger partial charge on any atom is -0.492 e. The Bertz CT molecular complexity index is 289. The van der Waals surface area contributed by atoms with E-state index in [4.69, 9.17) is 10.5 Å². The Kier molecular flexibility index (Phi) is 6.61. The predicted molar refractivity (Wildman–Crippen MR) is 67.9 cm³/mol. The molecule has 0 saturated heterocycles. The minimum absolute atomic E-state index is 0.706. The van der Waals surface area contributed by atoms with E-state index in [0.29, 0.717) is 6.61 Å². The van der Waals surface area contributed by atoms with E-state index >= 15 is 0 Å². The second-order valence-corrected chi connectivity index (χ2v) is 3.74. The number of ether oxygens (including phenoxy) is 1. The van der Waals surface area contributed by atoms with E-state index in [1.807, 2.05) is 12.1 Å². The summed E-state index contributed by atoms with van der Waals surface area (Å²) in [7, 11) is 0. The Morgan fingerprint density at radius 1 is 1.31 bits per heavy atom. The summed E-state index contributed by atoms with van der Waals surface area (Å²) in [4.78, 5) is 0. The smallest absolute Gasteiger partial charge is 0.119 e. The number of hydrogen-bond acceptors (Lipinski definition) is 3. The zero-order valence-electron chi connectivity index (χ0n) is 10.0. The third-order valence-electron chi connectivity index (χ3n) is 2.41. The van der Waals surface area contributed by atoms with Crippen LogP contribution in [0.15, 0.2) is 24.3 Å². The Balaban J connectivity index is 2.16. The summed E-state index contributed by atoms with van der Waals surface area (Å²) in [5.41, 5.74) is 6.71. The second-order valence-electron chi connectivity index (χ2n) is 3.74. The van der Waals surface area contributed by atoms with Crippen LogP contribution >= 0.6 is 0 Å². The maximum atomic E-state index is 5.63. The van der Waals surface area contributed by atoms with Gasteiger partial charge in [-0.05, 0) is 43.6 Å². The van der Waals surface area contributed by atoms with Crippen LogP contribution in [0.25, 0.3) is 0 Å². The van der Waals surface area contributed by atoms with Crippen LogP contribution in [0, 0.1) is 0 Å². The van der Waals surface area contributed by atoms with Crippen molar-refractivity contribution in [2.45, 2.75) is 19.8 Å². The highest BCUT2D eigenvalue weighted by molar-refractivity contribution is 5.28. The van der Waals surface area contributed by atoms with E-state index in [1.54, 1.807) is 0 Å². The molecule has 0 atom stereocenters. The molecule has 0 amide bonds. The lowest BCUT2D eigenvalue weighted by molar-refractivity contribution is 0.314. The lowest BCUT2D eigenvalue weighted by Crippen LogP contribution is -2.23. The number of hydrogen-bond donors (Lipinski definition) is 2. The lowest BCUT2D eigenvalue weighted by Gasteiger charge is -2.08. The van der Waals surface area contributed by atoms with Gasteiger partial charge in [-0.1, -0.05) is 19.1 Å². The van der Waals surface area contributed by atoms with Crippen molar-refractivity contribution in [1.29, 1.82) is 0 Å². The molecule has 0 aromatic heterocycles. The molecular formula is C13H22N2O. The Morgan fingerprint density at radius 3 is 2.94 bits per heavy atom. The van der Waals surface area contributed by atoms with E-state index in [9.17, 15) is 0 Å². The van der Waals surface area contributed by atoms with E-state index in [1.165, 1.54) is 5.56 Å². The predicted octanol–water partition coefficient (Wildman–Crippen LogP) is 1.57. The van der Waals surface area contributed by atoms with Gasteiger partial charge >= 0.3 is 0 Å². The number of nitrogens with two attached hydrogens (primary N) is 1. The highest BCUT2D eigenvalue weighted by Gasteiger charge is 1.95. The van der Waals surface area contributed by atoms with Crippen molar-refractivity contribution in [3.8, 4) is 5.75 Å². The van der Waals surface area contributed by atoms with Crippen LogP contribution in [0.3, 0.4) is 0 Å². The quantitative estimate of drug-likeness (QED) is 0.656. The molecule has 0 heterocycles. The first kappa shape index (κ1) is 13.0. The molecule has 0 aliphatic rings. The van der Waals surface area contributed by atoms with Gasteiger partial charge in [0.05, 0.1) is 0 Å². The summed E-state index contributed by atoms with van der Waals surface area (Å²) in [6.45, 7) is 5.43. The average Bonchev–Trinajstić information content (AvgIpc) is 2.34. The van der Waals surface area contributed by atoms with Crippen LogP contribution in [0.4, 0.5) is 0 Å². The number of aryl methyl sites for hydroxylation is 1. The highest BCUT2D eigenvalue weighted by Crippen LogP contribution is 2.13. The first-order chi connectivity index (χ1) is 7.86. The van der Waals surface area contributed by atoms with Gasteiger partial charge in [-0.3, -0.25) is 0 Å². The lowest BCUT2D eigenvalue weighted by atomic mass is 10.2. The Labute approximate surface area is 98.0 Å². The summed E-state index contributed by atoms with van der Waals surface area (Å²) in [5, 5.41) is 3.28. The standard InChI is InChI=1S/C13H22N2O/c1-2-12-5-3-6-13(11-12)16-10-9-15-8-4-7-14/h3,5-6,11,15H,2,4,7-10,14H2,1H3. The Hall–Kier alpha value is -1.06. The van der Waals surface area contributed by atoms with Gasteiger partial charge in [-0.25, -0.2) is 0 Å². The monoisotopic (exact) mass is 222 g/mol. The Morgan fingerprint density at radius 2 is 2.19 bits per heavy atom. The first-order valence-electron chi connectivity index (χ1n) is 5.99. The zero-order valence-corrected chi connectivity index (χ0v) is 10.0. The molecule has 1 aromatic rings. The molecule has 0 bridgehead atoms. The third kappa shape index (κ3) is 5.14. The van der Waals surface area contributed by atoms with Crippen LogP contribution in [-0.4, -0.2) is 26.2 Å². The van der Waals surface area contributed by atoms with Crippen LogP contribution in [0.5, 0.6) is 5.75 Å². The van der Waals surface area contributed by atoms with Crippen molar-refractivity contribution in [3.63, 3.8) is 0 Å². The van der Waals surface area contributed by atoms with E-state index in [2.05, 4.69) is 24.4 Å². The van der Waals surface area contributed by atoms with Crippen LogP contribution in [0.2, 0.25) is 0 Å². The maximum Gasteiger partial charge on any atom is 0.119 e. The van der Waals surface area contributed by atoms with E-state index in [0.717, 1.165) is 38.2 Å². The van der Waals surface area contributed by atoms with Gasteiger partial charge in [0, 0.05) is 6.54 Å².